The number of hydrogen-bond acceptors (Lipinski definition) is 6. The molecule has 14 heteroatoms. The SMILES string of the molecule is CC(C)(C)C[C@H](NC(=O)[C@@H](NC(=O)C(F)(F)F)C(C)(C)C)C(=O)NC(C[C@@H]1CCNC1=O)C(=O)C(=O)NC1CC1. The third kappa shape index (κ3) is 10.1. The minimum absolute atomic E-state index is 0.00769. The van der Waals surface area contributed by atoms with Crippen molar-refractivity contribution >= 4 is 35.3 Å². The summed E-state index contributed by atoms with van der Waals surface area (Å²) in [6.45, 7) is 10.0. The lowest BCUT2D eigenvalue weighted by molar-refractivity contribution is -0.175. The van der Waals surface area contributed by atoms with Crippen molar-refractivity contribution in [2.75, 3.05) is 6.54 Å². The van der Waals surface area contributed by atoms with Gasteiger partial charge in [0.2, 0.25) is 23.5 Å². The third-order valence-electron chi connectivity index (χ3n) is 6.56. The third-order valence-corrected chi connectivity index (χ3v) is 6.56. The van der Waals surface area contributed by atoms with Crippen LogP contribution >= 0.6 is 0 Å². The number of amides is 5. The summed E-state index contributed by atoms with van der Waals surface area (Å²) in [5.41, 5.74) is -1.74. The van der Waals surface area contributed by atoms with Gasteiger partial charge < -0.3 is 26.6 Å². The summed E-state index contributed by atoms with van der Waals surface area (Å²) >= 11 is 0. The molecular formula is C26H40F3N5O6. The van der Waals surface area contributed by atoms with Gasteiger partial charge in [-0.15, -0.1) is 0 Å². The lowest BCUT2D eigenvalue weighted by Gasteiger charge is -2.33. The van der Waals surface area contributed by atoms with Crippen LogP contribution < -0.4 is 26.6 Å². The highest BCUT2D eigenvalue weighted by Crippen LogP contribution is 2.25. The molecule has 2 rings (SSSR count). The first-order valence-corrected chi connectivity index (χ1v) is 13.3. The maximum absolute atomic E-state index is 13.5. The van der Waals surface area contributed by atoms with Gasteiger partial charge in [0, 0.05) is 18.5 Å². The number of carbonyl (C=O) groups is 6. The van der Waals surface area contributed by atoms with Gasteiger partial charge >= 0.3 is 12.1 Å². The smallest absolute Gasteiger partial charge is 0.356 e. The molecule has 0 aromatic carbocycles. The second kappa shape index (κ2) is 12.5. The number of hydrogen-bond donors (Lipinski definition) is 5. The van der Waals surface area contributed by atoms with E-state index in [0.29, 0.717) is 13.0 Å². The fourth-order valence-corrected chi connectivity index (χ4v) is 4.27. The maximum atomic E-state index is 13.5. The number of ketones is 1. The Labute approximate surface area is 231 Å². The number of carbonyl (C=O) groups excluding carboxylic acids is 6. The molecular weight excluding hydrogens is 535 g/mol. The van der Waals surface area contributed by atoms with E-state index in [1.165, 1.54) is 20.8 Å². The fourth-order valence-electron chi connectivity index (χ4n) is 4.27. The number of Topliss-reactive ketones (excluding diaryl/α,β-unsaturated/α-hetero) is 1. The van der Waals surface area contributed by atoms with E-state index < -0.39 is 70.5 Å². The lowest BCUT2D eigenvalue weighted by Crippen LogP contribution is -2.61. The Morgan fingerprint density at radius 2 is 1.45 bits per heavy atom. The van der Waals surface area contributed by atoms with Gasteiger partial charge in [0.1, 0.15) is 12.1 Å². The molecule has 0 spiro atoms. The molecule has 1 heterocycles. The van der Waals surface area contributed by atoms with Gasteiger partial charge in [-0.2, -0.15) is 13.2 Å². The Bertz CT molecular complexity index is 1010. The lowest BCUT2D eigenvalue weighted by atomic mass is 9.84. The average molecular weight is 576 g/mol. The van der Waals surface area contributed by atoms with Crippen molar-refractivity contribution < 1.29 is 41.9 Å². The molecule has 0 radical (unpaired) electrons. The van der Waals surface area contributed by atoms with Crippen molar-refractivity contribution in [3.63, 3.8) is 0 Å². The number of nitrogens with one attached hydrogen (secondary N) is 5. The molecule has 1 aliphatic carbocycles. The summed E-state index contributed by atoms with van der Waals surface area (Å²) in [5, 5.41) is 11.8. The first-order chi connectivity index (χ1) is 18.2. The van der Waals surface area contributed by atoms with Crippen LogP contribution in [0.3, 0.4) is 0 Å². The van der Waals surface area contributed by atoms with Crippen molar-refractivity contribution in [1.82, 2.24) is 26.6 Å². The summed E-state index contributed by atoms with van der Waals surface area (Å²) in [5.74, 6) is -6.96. The quantitative estimate of drug-likeness (QED) is 0.230. The fraction of sp³-hybridized carbons (Fsp3) is 0.769. The number of halogens is 3. The van der Waals surface area contributed by atoms with E-state index in [1.54, 1.807) is 26.1 Å². The zero-order valence-corrected chi connectivity index (χ0v) is 23.7. The first-order valence-electron chi connectivity index (χ1n) is 13.3. The zero-order chi connectivity index (χ0) is 30.6. The van der Waals surface area contributed by atoms with Crippen LogP contribution in [0.15, 0.2) is 0 Å². The molecule has 4 atom stereocenters. The van der Waals surface area contributed by atoms with Crippen molar-refractivity contribution in [3.05, 3.63) is 0 Å². The highest BCUT2D eigenvalue weighted by atomic mass is 19.4. The zero-order valence-electron chi connectivity index (χ0n) is 23.7. The molecule has 2 aliphatic rings. The highest BCUT2D eigenvalue weighted by molar-refractivity contribution is 6.38. The molecule has 2 fully saturated rings. The molecule has 40 heavy (non-hydrogen) atoms. The van der Waals surface area contributed by atoms with E-state index in [-0.39, 0.29) is 24.8 Å². The summed E-state index contributed by atoms with van der Waals surface area (Å²) < 4.78 is 38.8. The molecule has 5 N–H and O–H groups in total. The van der Waals surface area contributed by atoms with E-state index in [1.807, 2.05) is 0 Å². The van der Waals surface area contributed by atoms with Crippen molar-refractivity contribution in [3.8, 4) is 0 Å². The maximum Gasteiger partial charge on any atom is 0.471 e. The second-order valence-corrected chi connectivity index (χ2v) is 12.8. The van der Waals surface area contributed by atoms with E-state index in [4.69, 9.17) is 0 Å². The molecule has 1 aliphatic heterocycles. The Balaban J connectivity index is 2.28. The van der Waals surface area contributed by atoms with E-state index in [2.05, 4.69) is 21.3 Å². The second-order valence-electron chi connectivity index (χ2n) is 12.8. The molecule has 1 saturated heterocycles. The average Bonchev–Trinajstić information content (AvgIpc) is 3.52. The van der Waals surface area contributed by atoms with Crippen LogP contribution in [0.2, 0.25) is 0 Å². The summed E-state index contributed by atoms with van der Waals surface area (Å²) in [6, 6.07) is -4.49. The van der Waals surface area contributed by atoms with Gasteiger partial charge in [-0.3, -0.25) is 28.8 Å². The standard InChI is InChI=1S/C26H40F3N5O6/c1-24(2,3)12-16(33-22(39)18(25(4,5)6)34-23(40)26(27,28)29)20(37)32-15(11-13-9-10-30-19(13)36)17(35)21(38)31-14-7-8-14/h13-16,18H,7-12H2,1-6H3,(H,30,36)(H,31,38)(H,32,37)(H,33,39)(H,34,40)/t13-,15?,16-,18+/m0/s1. The largest absolute Gasteiger partial charge is 0.471 e. The van der Waals surface area contributed by atoms with Gasteiger partial charge in [0.15, 0.2) is 0 Å². The Hall–Kier alpha value is -3.19. The molecule has 226 valence electrons. The summed E-state index contributed by atoms with van der Waals surface area (Å²) in [4.78, 5) is 76.0. The van der Waals surface area contributed by atoms with Gasteiger partial charge in [-0.25, -0.2) is 0 Å². The van der Waals surface area contributed by atoms with Crippen LogP contribution in [0, 0.1) is 16.7 Å². The minimum Gasteiger partial charge on any atom is -0.356 e. The Kier molecular flexibility index (Phi) is 10.4. The number of rotatable bonds is 11. The van der Waals surface area contributed by atoms with Crippen molar-refractivity contribution in [1.29, 1.82) is 0 Å². The Morgan fingerprint density at radius 1 is 0.875 bits per heavy atom. The van der Waals surface area contributed by atoms with Crippen LogP contribution in [0.25, 0.3) is 0 Å². The normalized spacial score (nSPS) is 20.0. The van der Waals surface area contributed by atoms with E-state index in [9.17, 15) is 41.9 Å². The van der Waals surface area contributed by atoms with Crippen LogP contribution in [0.5, 0.6) is 0 Å². The topological polar surface area (TPSA) is 163 Å². The predicted octanol–water partition coefficient (Wildman–Crippen LogP) is 0.859. The molecule has 0 aromatic rings. The van der Waals surface area contributed by atoms with Gasteiger partial charge in [0.25, 0.3) is 5.91 Å². The van der Waals surface area contributed by atoms with Crippen molar-refractivity contribution in [2.24, 2.45) is 16.7 Å². The van der Waals surface area contributed by atoms with Crippen LogP contribution in [0.4, 0.5) is 13.2 Å². The van der Waals surface area contributed by atoms with Crippen LogP contribution in [0.1, 0.15) is 73.6 Å². The van der Waals surface area contributed by atoms with E-state index in [0.717, 1.165) is 12.8 Å². The predicted molar refractivity (Wildman–Crippen MR) is 137 cm³/mol. The molecule has 5 amide bonds. The first kappa shape index (κ1) is 33.0. The highest BCUT2D eigenvalue weighted by Gasteiger charge is 2.44. The molecule has 11 nitrogen and oxygen atoms in total. The Morgan fingerprint density at radius 3 is 1.90 bits per heavy atom. The monoisotopic (exact) mass is 575 g/mol. The summed E-state index contributed by atoms with van der Waals surface area (Å²) in [6.07, 6.45) is -3.52. The van der Waals surface area contributed by atoms with Crippen LogP contribution in [-0.2, 0) is 28.8 Å². The van der Waals surface area contributed by atoms with Gasteiger partial charge in [-0.05, 0) is 42.9 Å². The summed E-state index contributed by atoms with van der Waals surface area (Å²) in [7, 11) is 0. The minimum atomic E-state index is -5.23. The van der Waals surface area contributed by atoms with Gasteiger partial charge in [0.05, 0.1) is 6.04 Å². The molecule has 1 saturated carbocycles. The number of alkyl halides is 3. The van der Waals surface area contributed by atoms with E-state index >= 15 is 0 Å². The van der Waals surface area contributed by atoms with Crippen molar-refractivity contribution in [2.45, 2.75) is 104 Å². The molecule has 1 unspecified atom stereocenters. The van der Waals surface area contributed by atoms with Gasteiger partial charge in [-0.1, -0.05) is 41.5 Å². The molecule has 0 bridgehead atoms. The van der Waals surface area contributed by atoms with Crippen LogP contribution in [-0.4, -0.2) is 72.2 Å². The molecule has 0 aromatic heterocycles.